The summed E-state index contributed by atoms with van der Waals surface area (Å²) in [5.41, 5.74) is -0.239. The molecule has 0 fully saturated rings. The number of carbonyl (C=O) groups is 2. The molecule has 0 saturated carbocycles. The molecule has 29 heavy (non-hydrogen) atoms. The molecule has 0 aliphatic carbocycles. The van der Waals surface area contributed by atoms with E-state index >= 15 is 0 Å². The van der Waals surface area contributed by atoms with Gasteiger partial charge in [0.2, 0.25) is 0 Å². The van der Waals surface area contributed by atoms with Gasteiger partial charge in [-0.15, -0.1) is 0 Å². The molecule has 0 heterocycles. The van der Waals surface area contributed by atoms with Gasteiger partial charge in [0.05, 0.1) is 26.2 Å². The average molecular weight is 461 g/mol. The van der Waals surface area contributed by atoms with Crippen LogP contribution < -0.4 is 5.32 Å². The lowest BCUT2D eigenvalue weighted by atomic mass is 10.2. The fourth-order valence-corrected chi connectivity index (χ4v) is 3.56. The summed E-state index contributed by atoms with van der Waals surface area (Å²) < 4.78 is 28.0. The van der Waals surface area contributed by atoms with E-state index in [0.717, 1.165) is 24.5 Å². The first-order valence-electron chi connectivity index (χ1n) is 7.82. The molecule has 9 nitrogen and oxygen atoms in total. The lowest BCUT2D eigenvalue weighted by molar-refractivity contribution is -0.387. The minimum atomic E-state index is -3.88. The van der Waals surface area contributed by atoms with Gasteiger partial charge in [-0.3, -0.25) is 14.9 Å². The maximum atomic E-state index is 12.1. The number of sulfone groups is 1. The Morgan fingerprint density at radius 2 is 1.86 bits per heavy atom. The van der Waals surface area contributed by atoms with Crippen molar-refractivity contribution >= 4 is 56.3 Å². The van der Waals surface area contributed by atoms with Gasteiger partial charge in [-0.2, -0.15) is 0 Å². The summed E-state index contributed by atoms with van der Waals surface area (Å²) in [4.78, 5) is 33.8. The first-order chi connectivity index (χ1) is 13.4. The molecule has 0 unspecified atom stereocenters. The Hall–Kier alpha value is -2.69. The van der Waals surface area contributed by atoms with Gasteiger partial charge in [0.25, 0.3) is 11.6 Å². The van der Waals surface area contributed by atoms with E-state index in [0.29, 0.717) is 5.56 Å². The first-order valence-corrected chi connectivity index (χ1v) is 10.5. The van der Waals surface area contributed by atoms with E-state index in [9.17, 15) is 28.1 Å². The predicted octanol–water partition coefficient (Wildman–Crippen LogP) is 3.41. The number of anilines is 1. The number of ether oxygens (including phenoxy) is 1. The standard InChI is InChI=1S/C17H14Cl2N2O7S/c1-9-3-5-11(18)16(15(9)19)20-14(22)8-28-17(23)10-4-6-13(29(2,26)27)12(7-10)21(24)25/h3-7H,8H2,1-2H3,(H,20,22). The van der Waals surface area contributed by atoms with Crippen LogP contribution in [0, 0.1) is 17.0 Å². The molecule has 0 bridgehead atoms. The second kappa shape index (κ2) is 8.76. The number of hydrogen-bond donors (Lipinski definition) is 1. The lowest BCUT2D eigenvalue weighted by Crippen LogP contribution is -2.21. The molecular weight excluding hydrogens is 447 g/mol. The lowest BCUT2D eigenvalue weighted by Gasteiger charge is -2.11. The number of hydrogen-bond acceptors (Lipinski definition) is 7. The quantitative estimate of drug-likeness (QED) is 0.396. The van der Waals surface area contributed by atoms with Crippen LogP contribution in [0.2, 0.25) is 10.0 Å². The zero-order valence-electron chi connectivity index (χ0n) is 15.1. The predicted molar refractivity (Wildman–Crippen MR) is 106 cm³/mol. The zero-order chi connectivity index (χ0) is 21.9. The van der Waals surface area contributed by atoms with Gasteiger partial charge in [-0.05, 0) is 30.7 Å². The average Bonchev–Trinajstić information content (AvgIpc) is 2.65. The molecule has 2 rings (SSSR count). The Bertz CT molecular complexity index is 1120. The summed E-state index contributed by atoms with van der Waals surface area (Å²) in [6.07, 6.45) is 0.805. The second-order valence-corrected chi connectivity index (χ2v) is 8.66. The molecule has 0 spiro atoms. The highest BCUT2D eigenvalue weighted by molar-refractivity contribution is 7.90. The van der Waals surface area contributed by atoms with E-state index in [1.54, 1.807) is 13.0 Å². The largest absolute Gasteiger partial charge is 0.452 e. The third-order valence-corrected chi connectivity index (χ3v) is 5.62. The number of halogens is 2. The fourth-order valence-electron chi connectivity index (χ4n) is 2.26. The van der Waals surface area contributed by atoms with E-state index in [1.165, 1.54) is 6.07 Å². The second-order valence-electron chi connectivity index (χ2n) is 5.89. The number of benzene rings is 2. The topological polar surface area (TPSA) is 133 Å². The number of nitro groups is 1. The zero-order valence-corrected chi connectivity index (χ0v) is 17.4. The number of nitrogens with zero attached hydrogens (tertiary/aromatic N) is 1. The Balaban J connectivity index is 2.13. The molecule has 1 amide bonds. The number of amides is 1. The molecule has 2 aromatic rings. The highest BCUT2D eigenvalue weighted by Gasteiger charge is 2.24. The monoisotopic (exact) mass is 460 g/mol. The summed E-state index contributed by atoms with van der Waals surface area (Å²) in [5.74, 6) is -1.79. The number of nitrogens with one attached hydrogen (secondary N) is 1. The van der Waals surface area contributed by atoms with E-state index in [2.05, 4.69) is 5.32 Å². The van der Waals surface area contributed by atoms with Crippen molar-refractivity contribution in [3.63, 3.8) is 0 Å². The number of nitro benzene ring substituents is 1. The van der Waals surface area contributed by atoms with Crippen LogP contribution in [0.1, 0.15) is 15.9 Å². The van der Waals surface area contributed by atoms with Gasteiger partial charge in [0.15, 0.2) is 16.4 Å². The molecule has 2 aromatic carbocycles. The number of rotatable bonds is 6. The molecule has 0 atom stereocenters. The van der Waals surface area contributed by atoms with E-state index < -0.39 is 43.8 Å². The minimum Gasteiger partial charge on any atom is -0.452 e. The van der Waals surface area contributed by atoms with Gasteiger partial charge < -0.3 is 10.1 Å². The summed E-state index contributed by atoms with van der Waals surface area (Å²) in [5, 5.41) is 13.9. The molecule has 0 aliphatic heterocycles. The van der Waals surface area contributed by atoms with Crippen molar-refractivity contribution in [2.24, 2.45) is 0 Å². The highest BCUT2D eigenvalue weighted by Crippen LogP contribution is 2.32. The van der Waals surface area contributed by atoms with Crippen LogP contribution in [0.15, 0.2) is 35.2 Å². The number of esters is 1. The van der Waals surface area contributed by atoms with Gasteiger partial charge in [-0.1, -0.05) is 29.3 Å². The van der Waals surface area contributed by atoms with E-state index in [-0.39, 0.29) is 21.3 Å². The molecule has 0 radical (unpaired) electrons. The van der Waals surface area contributed by atoms with Crippen LogP contribution in [-0.4, -0.2) is 38.1 Å². The molecule has 0 saturated heterocycles. The van der Waals surface area contributed by atoms with Crippen molar-refractivity contribution in [2.75, 3.05) is 18.2 Å². The SMILES string of the molecule is Cc1ccc(Cl)c(NC(=O)COC(=O)c2ccc(S(C)(=O)=O)c([N+](=O)[O-])c2)c1Cl. The molecular formula is C17H14Cl2N2O7S. The summed E-state index contributed by atoms with van der Waals surface area (Å²) in [6, 6.07) is 5.94. The molecule has 154 valence electrons. The third-order valence-electron chi connectivity index (χ3n) is 3.67. The van der Waals surface area contributed by atoms with Crippen molar-refractivity contribution < 1.29 is 27.7 Å². The summed E-state index contributed by atoms with van der Waals surface area (Å²) in [6.45, 7) is 0.989. The van der Waals surface area contributed by atoms with Crippen LogP contribution >= 0.6 is 23.2 Å². The van der Waals surface area contributed by atoms with Crippen molar-refractivity contribution in [2.45, 2.75) is 11.8 Å². The van der Waals surface area contributed by atoms with Crippen molar-refractivity contribution in [1.82, 2.24) is 0 Å². The van der Waals surface area contributed by atoms with Gasteiger partial charge >= 0.3 is 5.97 Å². The maximum absolute atomic E-state index is 12.1. The van der Waals surface area contributed by atoms with Crippen LogP contribution in [0.4, 0.5) is 11.4 Å². The summed E-state index contributed by atoms with van der Waals surface area (Å²) >= 11 is 12.1. The van der Waals surface area contributed by atoms with Gasteiger partial charge in [0, 0.05) is 12.3 Å². The van der Waals surface area contributed by atoms with Gasteiger partial charge in [-0.25, -0.2) is 13.2 Å². The highest BCUT2D eigenvalue weighted by atomic mass is 35.5. The van der Waals surface area contributed by atoms with E-state index in [1.807, 2.05) is 0 Å². The number of carbonyl (C=O) groups excluding carboxylic acids is 2. The first kappa shape index (κ1) is 22.6. The van der Waals surface area contributed by atoms with Crippen molar-refractivity contribution in [1.29, 1.82) is 0 Å². The third kappa shape index (κ3) is 5.43. The van der Waals surface area contributed by atoms with Crippen LogP contribution in [0.3, 0.4) is 0 Å². The Morgan fingerprint density at radius 3 is 2.45 bits per heavy atom. The summed E-state index contributed by atoms with van der Waals surface area (Å²) in [7, 11) is -3.88. The molecule has 1 N–H and O–H groups in total. The van der Waals surface area contributed by atoms with Crippen molar-refractivity contribution in [3.05, 3.63) is 61.6 Å². The molecule has 0 aliphatic rings. The smallest absolute Gasteiger partial charge is 0.338 e. The van der Waals surface area contributed by atoms with Crippen LogP contribution in [0.25, 0.3) is 0 Å². The Kier molecular flexibility index (Phi) is 6.83. The number of aryl methyl sites for hydroxylation is 1. The Morgan fingerprint density at radius 1 is 1.21 bits per heavy atom. The van der Waals surface area contributed by atoms with Crippen molar-refractivity contribution in [3.8, 4) is 0 Å². The van der Waals surface area contributed by atoms with Crippen LogP contribution in [-0.2, 0) is 19.4 Å². The molecule has 0 aromatic heterocycles. The molecule has 12 heteroatoms. The Labute approximate surface area is 175 Å². The van der Waals surface area contributed by atoms with E-state index in [4.69, 9.17) is 27.9 Å². The van der Waals surface area contributed by atoms with Gasteiger partial charge in [0.1, 0.15) is 4.90 Å². The normalized spacial score (nSPS) is 11.0. The fraction of sp³-hybridized carbons (Fsp3) is 0.176. The minimum absolute atomic E-state index is 0.155. The van der Waals surface area contributed by atoms with Crippen LogP contribution in [0.5, 0.6) is 0 Å². The maximum Gasteiger partial charge on any atom is 0.338 e.